The summed E-state index contributed by atoms with van der Waals surface area (Å²) in [4.78, 5) is 21.6. The number of piperazine rings is 1. The molecular weight excluding hydrogens is 364 g/mol. The number of hydrogen-bond acceptors (Lipinski definition) is 5. The van der Waals surface area contributed by atoms with Crippen molar-refractivity contribution in [3.05, 3.63) is 53.0 Å². The number of nitrogens with zero attached hydrogens (tertiary/aromatic N) is 6. The number of aromatic nitrogens is 4. The second-order valence-electron chi connectivity index (χ2n) is 7.77. The molecule has 0 radical (unpaired) electrons. The third-order valence-electron chi connectivity index (χ3n) is 5.54. The number of amides is 1. The number of benzene rings is 1. The van der Waals surface area contributed by atoms with Gasteiger partial charge in [0.25, 0.3) is 5.78 Å². The fraction of sp³-hybridized carbons (Fsp3) is 0.455. The standard InChI is InChI=1S/C22H28N6O/c1-4-5-19-15-20(23-22-25-24-17(3)28(19)22)26-10-12-27(13-11-26)21(29)14-18-8-6-16(2)7-9-18/h6-9,15H,4-5,10-14H2,1-3H3. The maximum absolute atomic E-state index is 12.7. The third kappa shape index (κ3) is 4.09. The first-order valence-corrected chi connectivity index (χ1v) is 10.3. The van der Waals surface area contributed by atoms with E-state index in [0.717, 1.165) is 43.1 Å². The Hall–Kier alpha value is -2.96. The molecule has 1 amide bonds. The van der Waals surface area contributed by atoms with Crippen LogP contribution in [0.15, 0.2) is 30.3 Å². The summed E-state index contributed by atoms with van der Waals surface area (Å²) in [6, 6.07) is 10.3. The summed E-state index contributed by atoms with van der Waals surface area (Å²) >= 11 is 0. The highest BCUT2D eigenvalue weighted by Gasteiger charge is 2.23. The second kappa shape index (κ2) is 8.19. The predicted octanol–water partition coefficient (Wildman–Crippen LogP) is 2.58. The number of fused-ring (bicyclic) bond motifs is 1. The molecule has 0 unspecified atom stereocenters. The Bertz CT molecular complexity index is 1000. The molecule has 1 saturated heterocycles. The lowest BCUT2D eigenvalue weighted by Gasteiger charge is -2.35. The summed E-state index contributed by atoms with van der Waals surface area (Å²) in [6.45, 7) is 9.17. The van der Waals surface area contributed by atoms with E-state index in [4.69, 9.17) is 4.98 Å². The van der Waals surface area contributed by atoms with Crippen LogP contribution < -0.4 is 4.90 Å². The maximum Gasteiger partial charge on any atom is 0.257 e. The van der Waals surface area contributed by atoms with E-state index in [0.29, 0.717) is 25.3 Å². The highest BCUT2D eigenvalue weighted by atomic mass is 16.2. The Labute approximate surface area is 171 Å². The quantitative estimate of drug-likeness (QED) is 0.668. The minimum absolute atomic E-state index is 0.191. The fourth-order valence-electron chi connectivity index (χ4n) is 3.89. The number of carbonyl (C=O) groups excluding carboxylic acids is 1. The number of carbonyl (C=O) groups is 1. The monoisotopic (exact) mass is 392 g/mol. The molecule has 3 aromatic rings. The number of anilines is 1. The van der Waals surface area contributed by atoms with Crippen LogP contribution in [0.25, 0.3) is 5.78 Å². The fourth-order valence-corrected chi connectivity index (χ4v) is 3.89. The molecule has 0 atom stereocenters. The van der Waals surface area contributed by atoms with Gasteiger partial charge in [-0.2, -0.15) is 4.98 Å². The van der Waals surface area contributed by atoms with Crippen LogP contribution in [0.1, 0.15) is 36.0 Å². The first-order chi connectivity index (χ1) is 14.0. The van der Waals surface area contributed by atoms with Crippen LogP contribution in [0.5, 0.6) is 0 Å². The molecular formula is C22H28N6O. The van der Waals surface area contributed by atoms with Gasteiger partial charge in [-0.05, 0) is 25.8 Å². The van der Waals surface area contributed by atoms with Gasteiger partial charge >= 0.3 is 0 Å². The topological polar surface area (TPSA) is 66.6 Å². The van der Waals surface area contributed by atoms with Crippen molar-refractivity contribution >= 4 is 17.5 Å². The summed E-state index contributed by atoms with van der Waals surface area (Å²) in [5.74, 6) is 2.64. The van der Waals surface area contributed by atoms with Crippen LogP contribution in [-0.4, -0.2) is 56.6 Å². The molecule has 7 nitrogen and oxygen atoms in total. The van der Waals surface area contributed by atoms with Crippen molar-refractivity contribution in [2.24, 2.45) is 0 Å². The Morgan fingerprint density at radius 2 is 1.76 bits per heavy atom. The minimum Gasteiger partial charge on any atom is -0.353 e. The van der Waals surface area contributed by atoms with Gasteiger partial charge in [-0.3, -0.25) is 9.20 Å². The van der Waals surface area contributed by atoms with Crippen molar-refractivity contribution in [3.8, 4) is 0 Å². The van der Waals surface area contributed by atoms with E-state index >= 15 is 0 Å². The molecule has 7 heteroatoms. The highest BCUT2D eigenvalue weighted by molar-refractivity contribution is 5.79. The molecule has 0 N–H and O–H groups in total. The van der Waals surface area contributed by atoms with E-state index in [2.05, 4.69) is 47.1 Å². The second-order valence-corrected chi connectivity index (χ2v) is 7.77. The van der Waals surface area contributed by atoms with Gasteiger partial charge in [-0.1, -0.05) is 43.2 Å². The first kappa shape index (κ1) is 19.4. The van der Waals surface area contributed by atoms with E-state index in [-0.39, 0.29) is 5.91 Å². The first-order valence-electron chi connectivity index (χ1n) is 10.3. The van der Waals surface area contributed by atoms with Crippen LogP contribution in [0.4, 0.5) is 5.82 Å². The van der Waals surface area contributed by atoms with Gasteiger partial charge in [-0.15, -0.1) is 10.2 Å². The normalized spacial score (nSPS) is 14.6. The van der Waals surface area contributed by atoms with Crippen molar-refractivity contribution in [1.82, 2.24) is 24.5 Å². The predicted molar refractivity (Wildman–Crippen MR) is 113 cm³/mol. The molecule has 1 fully saturated rings. The molecule has 0 bridgehead atoms. The Balaban J connectivity index is 1.44. The zero-order valence-electron chi connectivity index (χ0n) is 17.4. The lowest BCUT2D eigenvalue weighted by molar-refractivity contribution is -0.130. The van der Waals surface area contributed by atoms with Crippen LogP contribution in [-0.2, 0) is 17.6 Å². The van der Waals surface area contributed by atoms with Crippen molar-refractivity contribution < 1.29 is 4.79 Å². The van der Waals surface area contributed by atoms with Gasteiger partial charge in [0.05, 0.1) is 6.42 Å². The van der Waals surface area contributed by atoms with E-state index in [9.17, 15) is 4.79 Å². The molecule has 3 heterocycles. The molecule has 152 valence electrons. The SMILES string of the molecule is CCCc1cc(N2CCN(C(=O)Cc3ccc(C)cc3)CC2)nc2nnc(C)n12. The average molecular weight is 393 g/mol. The van der Waals surface area contributed by atoms with Gasteiger partial charge in [-0.25, -0.2) is 0 Å². The summed E-state index contributed by atoms with van der Waals surface area (Å²) in [5, 5.41) is 8.41. The molecule has 4 rings (SSSR count). The van der Waals surface area contributed by atoms with Gasteiger partial charge < -0.3 is 9.80 Å². The van der Waals surface area contributed by atoms with Crippen molar-refractivity contribution in [2.45, 2.75) is 40.0 Å². The van der Waals surface area contributed by atoms with E-state index < -0.39 is 0 Å². The van der Waals surface area contributed by atoms with Crippen molar-refractivity contribution in [1.29, 1.82) is 0 Å². The van der Waals surface area contributed by atoms with E-state index in [1.54, 1.807) is 0 Å². The molecule has 0 spiro atoms. The molecule has 1 aliphatic rings. The Morgan fingerprint density at radius 1 is 1.03 bits per heavy atom. The van der Waals surface area contributed by atoms with Crippen LogP contribution >= 0.6 is 0 Å². The molecule has 1 aliphatic heterocycles. The molecule has 1 aromatic carbocycles. The number of aryl methyl sites for hydroxylation is 3. The van der Waals surface area contributed by atoms with Gasteiger partial charge in [0, 0.05) is 37.9 Å². The molecule has 0 saturated carbocycles. The number of hydrogen-bond donors (Lipinski definition) is 0. The summed E-state index contributed by atoms with van der Waals surface area (Å²) in [5.41, 5.74) is 3.47. The van der Waals surface area contributed by atoms with Gasteiger partial charge in [0.2, 0.25) is 5.91 Å². The Morgan fingerprint density at radius 3 is 2.45 bits per heavy atom. The van der Waals surface area contributed by atoms with Crippen LogP contribution in [0.2, 0.25) is 0 Å². The molecule has 29 heavy (non-hydrogen) atoms. The summed E-state index contributed by atoms with van der Waals surface area (Å²) in [7, 11) is 0. The summed E-state index contributed by atoms with van der Waals surface area (Å²) in [6.07, 6.45) is 2.47. The average Bonchev–Trinajstić information content (AvgIpc) is 3.11. The lowest BCUT2D eigenvalue weighted by Crippen LogP contribution is -2.49. The summed E-state index contributed by atoms with van der Waals surface area (Å²) < 4.78 is 2.04. The third-order valence-corrected chi connectivity index (χ3v) is 5.54. The van der Waals surface area contributed by atoms with Crippen LogP contribution in [0, 0.1) is 13.8 Å². The molecule has 2 aromatic heterocycles. The Kier molecular flexibility index (Phi) is 5.47. The van der Waals surface area contributed by atoms with Gasteiger partial charge in [0.1, 0.15) is 11.6 Å². The van der Waals surface area contributed by atoms with Gasteiger partial charge in [0.15, 0.2) is 0 Å². The zero-order valence-corrected chi connectivity index (χ0v) is 17.4. The van der Waals surface area contributed by atoms with Crippen molar-refractivity contribution in [2.75, 3.05) is 31.1 Å². The van der Waals surface area contributed by atoms with E-state index in [1.807, 2.05) is 28.4 Å². The lowest BCUT2D eigenvalue weighted by atomic mass is 10.1. The highest BCUT2D eigenvalue weighted by Crippen LogP contribution is 2.19. The van der Waals surface area contributed by atoms with Crippen molar-refractivity contribution in [3.63, 3.8) is 0 Å². The van der Waals surface area contributed by atoms with Crippen LogP contribution in [0.3, 0.4) is 0 Å². The minimum atomic E-state index is 0.191. The smallest absolute Gasteiger partial charge is 0.257 e. The number of rotatable bonds is 5. The largest absolute Gasteiger partial charge is 0.353 e. The molecule has 0 aliphatic carbocycles. The maximum atomic E-state index is 12.7. The zero-order chi connectivity index (χ0) is 20.4. The van der Waals surface area contributed by atoms with E-state index in [1.165, 1.54) is 11.3 Å².